The number of hydrogen-bond donors (Lipinski definition) is 2. The minimum Gasteiger partial charge on any atom is -0.497 e. The highest BCUT2D eigenvalue weighted by atomic mass is 32.1. The first-order valence-corrected chi connectivity index (χ1v) is 9.85. The van der Waals surface area contributed by atoms with E-state index in [-0.39, 0.29) is 0 Å². The van der Waals surface area contributed by atoms with E-state index >= 15 is 0 Å². The van der Waals surface area contributed by atoms with Crippen molar-refractivity contribution in [3.05, 3.63) is 34.3 Å². The third-order valence-corrected chi connectivity index (χ3v) is 5.65. The Bertz CT molecular complexity index is 770. The zero-order valence-corrected chi connectivity index (χ0v) is 17.1. The Hall–Kier alpha value is -2.48. The van der Waals surface area contributed by atoms with Gasteiger partial charge in [0.05, 0.1) is 32.0 Å². The van der Waals surface area contributed by atoms with Crippen molar-refractivity contribution in [2.24, 2.45) is 4.99 Å². The summed E-state index contributed by atoms with van der Waals surface area (Å²) in [5.41, 5.74) is 4.06. The summed E-state index contributed by atoms with van der Waals surface area (Å²) in [4.78, 5) is 12.2. The Morgan fingerprint density at radius 2 is 2.04 bits per heavy atom. The fraction of sp³-hybridized carbons (Fsp3) is 0.474. The third kappa shape index (κ3) is 4.82. The molecular formula is C19H27N5O2S. The lowest BCUT2D eigenvalue weighted by Crippen LogP contribution is -2.44. The van der Waals surface area contributed by atoms with Crippen molar-refractivity contribution < 1.29 is 9.47 Å². The van der Waals surface area contributed by atoms with Gasteiger partial charge in [-0.25, -0.2) is 4.98 Å². The van der Waals surface area contributed by atoms with Crippen LogP contribution in [0.15, 0.2) is 28.7 Å². The quantitative estimate of drug-likeness (QED) is 0.584. The number of aryl methyl sites for hydroxylation is 1. The van der Waals surface area contributed by atoms with Gasteiger partial charge in [0.1, 0.15) is 11.5 Å². The number of ether oxygens (including phenoxy) is 2. The molecule has 2 aromatic rings. The number of hydrogen-bond acceptors (Lipinski definition) is 6. The molecule has 0 aliphatic carbocycles. The second-order valence-electron chi connectivity index (χ2n) is 6.43. The predicted molar refractivity (Wildman–Crippen MR) is 110 cm³/mol. The molecule has 0 spiro atoms. The van der Waals surface area contributed by atoms with E-state index in [1.165, 1.54) is 4.88 Å². The van der Waals surface area contributed by atoms with Gasteiger partial charge < -0.3 is 25.0 Å². The molecule has 146 valence electrons. The molecule has 0 bridgehead atoms. The van der Waals surface area contributed by atoms with Gasteiger partial charge in [-0.05, 0) is 13.3 Å². The Kier molecular flexibility index (Phi) is 6.39. The van der Waals surface area contributed by atoms with Crippen LogP contribution >= 0.6 is 11.3 Å². The Labute approximate surface area is 164 Å². The number of methoxy groups -OCH3 is 2. The normalized spacial score (nSPS) is 17.1. The molecule has 0 radical (unpaired) electrons. The summed E-state index contributed by atoms with van der Waals surface area (Å²) in [5, 5.41) is 6.90. The summed E-state index contributed by atoms with van der Waals surface area (Å²) in [6, 6.07) is 6.31. The number of aromatic nitrogens is 1. The minimum absolute atomic E-state index is 0.330. The molecule has 7 nitrogen and oxygen atoms in total. The standard InChI is InChI=1S/C19H27N5O2S/c1-13-18(27-12-22-13)10-21-19(20-2)23-14-5-6-24(11-14)15-7-16(25-3)9-17(8-15)26-4/h7-9,12,14H,5-6,10-11H2,1-4H3,(H2,20,21,23). The van der Waals surface area contributed by atoms with E-state index in [2.05, 4.69) is 25.5 Å². The van der Waals surface area contributed by atoms with Crippen molar-refractivity contribution in [2.75, 3.05) is 39.3 Å². The van der Waals surface area contributed by atoms with Crippen LogP contribution in [0.3, 0.4) is 0 Å². The zero-order valence-electron chi connectivity index (χ0n) is 16.3. The largest absolute Gasteiger partial charge is 0.497 e. The van der Waals surface area contributed by atoms with E-state index in [1.807, 2.05) is 30.6 Å². The zero-order chi connectivity index (χ0) is 19.2. The molecule has 1 saturated heterocycles. The highest BCUT2D eigenvalue weighted by Gasteiger charge is 2.24. The smallest absolute Gasteiger partial charge is 0.191 e. The van der Waals surface area contributed by atoms with Gasteiger partial charge in [-0.1, -0.05) is 0 Å². The van der Waals surface area contributed by atoms with Crippen molar-refractivity contribution in [2.45, 2.75) is 25.9 Å². The van der Waals surface area contributed by atoms with Gasteiger partial charge in [-0.2, -0.15) is 0 Å². The highest BCUT2D eigenvalue weighted by molar-refractivity contribution is 7.09. The molecule has 1 unspecified atom stereocenters. The molecule has 27 heavy (non-hydrogen) atoms. The summed E-state index contributed by atoms with van der Waals surface area (Å²) in [6.07, 6.45) is 1.04. The van der Waals surface area contributed by atoms with E-state index in [9.17, 15) is 0 Å². The lowest BCUT2D eigenvalue weighted by Gasteiger charge is -2.21. The monoisotopic (exact) mass is 389 g/mol. The van der Waals surface area contributed by atoms with Gasteiger partial charge in [-0.3, -0.25) is 4.99 Å². The van der Waals surface area contributed by atoms with Crippen LogP contribution in [0.1, 0.15) is 17.0 Å². The minimum atomic E-state index is 0.330. The molecule has 0 amide bonds. The van der Waals surface area contributed by atoms with Gasteiger partial charge >= 0.3 is 0 Å². The number of thiazole rings is 1. The molecule has 1 aromatic carbocycles. The van der Waals surface area contributed by atoms with Gasteiger partial charge in [0.25, 0.3) is 0 Å². The maximum absolute atomic E-state index is 5.39. The first kappa shape index (κ1) is 19.3. The molecule has 2 heterocycles. The highest BCUT2D eigenvalue weighted by Crippen LogP contribution is 2.30. The van der Waals surface area contributed by atoms with Crippen molar-refractivity contribution >= 4 is 23.0 Å². The molecule has 1 aliphatic rings. The molecule has 8 heteroatoms. The van der Waals surface area contributed by atoms with E-state index in [4.69, 9.17) is 9.47 Å². The molecule has 2 N–H and O–H groups in total. The third-order valence-electron chi connectivity index (χ3n) is 4.72. The Morgan fingerprint density at radius 1 is 1.30 bits per heavy atom. The number of rotatable bonds is 6. The average Bonchev–Trinajstić information content (AvgIpc) is 3.33. The van der Waals surface area contributed by atoms with E-state index in [0.29, 0.717) is 6.04 Å². The summed E-state index contributed by atoms with van der Waals surface area (Å²) < 4.78 is 10.8. The Morgan fingerprint density at radius 3 is 2.63 bits per heavy atom. The van der Waals surface area contributed by atoms with Crippen molar-refractivity contribution in [3.63, 3.8) is 0 Å². The van der Waals surface area contributed by atoms with Gasteiger partial charge in [0.2, 0.25) is 0 Å². The predicted octanol–water partition coefficient (Wildman–Crippen LogP) is 2.41. The van der Waals surface area contributed by atoms with Crippen LogP contribution in [0, 0.1) is 6.92 Å². The SMILES string of the molecule is CN=C(NCc1scnc1C)NC1CCN(c2cc(OC)cc(OC)c2)C1. The molecule has 1 fully saturated rings. The first-order valence-electron chi connectivity index (χ1n) is 8.97. The maximum atomic E-state index is 5.39. The Balaban J connectivity index is 1.58. The van der Waals surface area contributed by atoms with Crippen LogP contribution in [-0.4, -0.2) is 51.3 Å². The van der Waals surface area contributed by atoms with Crippen LogP contribution in [0.25, 0.3) is 0 Å². The maximum Gasteiger partial charge on any atom is 0.191 e. The van der Waals surface area contributed by atoms with Crippen LogP contribution < -0.4 is 25.0 Å². The first-order chi connectivity index (χ1) is 13.1. The number of benzene rings is 1. The van der Waals surface area contributed by atoms with Gasteiger partial charge in [0, 0.05) is 54.9 Å². The number of guanidine groups is 1. The van der Waals surface area contributed by atoms with Crippen LogP contribution in [0.5, 0.6) is 11.5 Å². The van der Waals surface area contributed by atoms with Gasteiger partial charge in [0.15, 0.2) is 5.96 Å². The average molecular weight is 390 g/mol. The second-order valence-corrected chi connectivity index (χ2v) is 7.37. The summed E-state index contributed by atoms with van der Waals surface area (Å²) in [5.74, 6) is 2.43. The molecule has 1 aliphatic heterocycles. The molecule has 1 atom stereocenters. The van der Waals surface area contributed by atoms with Crippen LogP contribution in [0.4, 0.5) is 5.69 Å². The summed E-state index contributed by atoms with van der Waals surface area (Å²) in [6.45, 7) is 4.64. The number of anilines is 1. The molecular weight excluding hydrogens is 362 g/mol. The number of nitrogens with one attached hydrogen (secondary N) is 2. The van der Waals surface area contributed by atoms with Crippen molar-refractivity contribution in [3.8, 4) is 11.5 Å². The molecule has 0 saturated carbocycles. The topological polar surface area (TPSA) is 71.0 Å². The van der Waals surface area contributed by atoms with Gasteiger partial charge in [-0.15, -0.1) is 11.3 Å². The van der Waals surface area contributed by atoms with E-state index < -0.39 is 0 Å². The van der Waals surface area contributed by atoms with Crippen molar-refractivity contribution in [1.82, 2.24) is 15.6 Å². The van der Waals surface area contributed by atoms with Crippen molar-refractivity contribution in [1.29, 1.82) is 0 Å². The fourth-order valence-corrected chi connectivity index (χ4v) is 3.85. The number of aliphatic imine (C=N–C) groups is 1. The summed E-state index contributed by atoms with van der Waals surface area (Å²) in [7, 11) is 5.15. The van der Waals surface area contributed by atoms with E-state index in [1.54, 1.807) is 32.6 Å². The number of nitrogens with zero attached hydrogens (tertiary/aromatic N) is 3. The second kappa shape index (κ2) is 8.94. The van der Waals surface area contributed by atoms with Crippen LogP contribution in [0.2, 0.25) is 0 Å². The summed E-state index contributed by atoms with van der Waals surface area (Å²) >= 11 is 1.66. The van der Waals surface area contributed by atoms with E-state index in [0.717, 1.165) is 54.9 Å². The fourth-order valence-electron chi connectivity index (χ4n) is 3.14. The lowest BCUT2D eigenvalue weighted by atomic mass is 10.2. The van der Waals surface area contributed by atoms with Crippen LogP contribution in [-0.2, 0) is 6.54 Å². The molecule has 1 aromatic heterocycles. The molecule has 3 rings (SSSR count). The lowest BCUT2D eigenvalue weighted by molar-refractivity contribution is 0.394.